The molecule has 0 bridgehead atoms. The largest absolute Gasteiger partial charge is 0.494 e. The number of ether oxygens (including phenoxy) is 1. The number of rotatable bonds is 4. The Morgan fingerprint density at radius 2 is 2.00 bits per heavy atom. The van der Waals surface area contributed by atoms with Crippen LogP contribution in [0.5, 0.6) is 5.75 Å². The van der Waals surface area contributed by atoms with Crippen molar-refractivity contribution in [1.82, 2.24) is 0 Å². The molecule has 0 atom stereocenters. The van der Waals surface area contributed by atoms with Gasteiger partial charge in [-0.15, -0.1) is 0 Å². The lowest BCUT2D eigenvalue weighted by atomic mass is 10.1. The number of nitrogens with zero attached hydrogens (tertiary/aromatic N) is 1. The van der Waals surface area contributed by atoms with Crippen LogP contribution >= 0.6 is 0 Å². The lowest BCUT2D eigenvalue weighted by Crippen LogP contribution is -2.10. The van der Waals surface area contributed by atoms with E-state index in [0.717, 1.165) is 0 Å². The van der Waals surface area contributed by atoms with Crippen molar-refractivity contribution in [2.75, 3.05) is 6.61 Å². The van der Waals surface area contributed by atoms with Crippen molar-refractivity contribution in [3.05, 3.63) is 29.8 Å². The van der Waals surface area contributed by atoms with Crippen LogP contribution in [0.3, 0.4) is 0 Å². The van der Waals surface area contributed by atoms with Gasteiger partial charge in [-0.2, -0.15) is 0 Å². The Bertz CT molecular complexity index is 368. The zero-order chi connectivity index (χ0) is 11.3. The van der Waals surface area contributed by atoms with E-state index >= 15 is 0 Å². The Balaban J connectivity index is 2.84. The van der Waals surface area contributed by atoms with Crippen LogP contribution in [0, 0.1) is 0 Å². The molecule has 1 rings (SSSR count). The molecule has 0 unspecified atom stereocenters. The van der Waals surface area contributed by atoms with Crippen molar-refractivity contribution in [2.24, 2.45) is 5.16 Å². The van der Waals surface area contributed by atoms with Crippen LogP contribution in [-0.4, -0.2) is 23.3 Å². The lowest BCUT2D eigenvalue weighted by molar-refractivity contribution is 0.106. The minimum absolute atomic E-state index is 0.0687. The Morgan fingerprint density at radius 3 is 2.47 bits per heavy atom. The van der Waals surface area contributed by atoms with Crippen LogP contribution in [0.15, 0.2) is 29.4 Å². The highest BCUT2D eigenvalue weighted by atomic mass is 16.5. The summed E-state index contributed by atoms with van der Waals surface area (Å²) in [6.07, 6.45) is 0. The van der Waals surface area contributed by atoms with Gasteiger partial charge in [-0.05, 0) is 38.1 Å². The summed E-state index contributed by atoms with van der Waals surface area (Å²) in [4.78, 5) is 11.5. The second-order valence-corrected chi connectivity index (χ2v) is 2.97. The van der Waals surface area contributed by atoms with Gasteiger partial charge in [0, 0.05) is 5.56 Å². The van der Waals surface area contributed by atoms with E-state index in [0.29, 0.717) is 17.9 Å². The molecule has 0 saturated heterocycles. The Labute approximate surface area is 88.2 Å². The van der Waals surface area contributed by atoms with E-state index in [2.05, 4.69) is 5.16 Å². The molecule has 0 amide bonds. The van der Waals surface area contributed by atoms with Gasteiger partial charge in [0.2, 0.25) is 5.78 Å². The van der Waals surface area contributed by atoms with Crippen molar-refractivity contribution in [2.45, 2.75) is 13.8 Å². The highest BCUT2D eigenvalue weighted by molar-refractivity contribution is 6.45. The van der Waals surface area contributed by atoms with Crippen molar-refractivity contribution in [1.29, 1.82) is 0 Å². The Kier molecular flexibility index (Phi) is 3.85. The minimum atomic E-state index is -0.291. The Hall–Kier alpha value is -1.84. The van der Waals surface area contributed by atoms with Crippen LogP contribution < -0.4 is 4.74 Å². The molecule has 0 radical (unpaired) electrons. The molecular weight excluding hydrogens is 194 g/mol. The number of oxime groups is 1. The molecule has 1 N–H and O–H groups in total. The summed E-state index contributed by atoms with van der Waals surface area (Å²) in [5.74, 6) is 0.424. The second kappa shape index (κ2) is 5.14. The first-order chi connectivity index (χ1) is 7.19. The highest BCUT2D eigenvalue weighted by Crippen LogP contribution is 2.12. The van der Waals surface area contributed by atoms with E-state index in [1.54, 1.807) is 24.3 Å². The fraction of sp³-hybridized carbons (Fsp3) is 0.273. The quantitative estimate of drug-likeness (QED) is 0.356. The molecule has 4 nitrogen and oxygen atoms in total. The maximum atomic E-state index is 11.5. The fourth-order valence-corrected chi connectivity index (χ4v) is 1.12. The third kappa shape index (κ3) is 2.80. The summed E-state index contributed by atoms with van der Waals surface area (Å²) in [6.45, 7) is 3.94. The van der Waals surface area contributed by atoms with Gasteiger partial charge in [0.05, 0.1) is 6.61 Å². The van der Waals surface area contributed by atoms with E-state index < -0.39 is 0 Å². The normalized spacial score (nSPS) is 11.2. The molecule has 15 heavy (non-hydrogen) atoms. The van der Waals surface area contributed by atoms with Gasteiger partial charge >= 0.3 is 0 Å². The fourth-order valence-electron chi connectivity index (χ4n) is 1.12. The summed E-state index contributed by atoms with van der Waals surface area (Å²) in [6, 6.07) is 6.70. The van der Waals surface area contributed by atoms with Gasteiger partial charge in [-0.25, -0.2) is 0 Å². The first-order valence-electron chi connectivity index (χ1n) is 4.65. The molecule has 0 aliphatic rings. The number of hydrogen-bond donors (Lipinski definition) is 1. The van der Waals surface area contributed by atoms with Crippen LogP contribution in [-0.2, 0) is 0 Å². The van der Waals surface area contributed by atoms with Crippen molar-refractivity contribution in [3.8, 4) is 5.75 Å². The van der Waals surface area contributed by atoms with E-state index in [9.17, 15) is 4.79 Å². The van der Waals surface area contributed by atoms with Gasteiger partial charge in [-0.3, -0.25) is 4.79 Å². The molecule has 0 saturated carbocycles. The van der Waals surface area contributed by atoms with Crippen LogP contribution in [0.2, 0.25) is 0 Å². The molecule has 0 aromatic heterocycles. The molecule has 0 heterocycles. The molecule has 0 fully saturated rings. The first kappa shape index (κ1) is 11.2. The number of ketones is 1. The minimum Gasteiger partial charge on any atom is -0.494 e. The molecular formula is C11H13NO3. The van der Waals surface area contributed by atoms with Crippen molar-refractivity contribution >= 4 is 11.5 Å². The van der Waals surface area contributed by atoms with Crippen LogP contribution in [0.25, 0.3) is 0 Å². The van der Waals surface area contributed by atoms with E-state index in [-0.39, 0.29) is 11.5 Å². The van der Waals surface area contributed by atoms with Crippen molar-refractivity contribution in [3.63, 3.8) is 0 Å². The van der Waals surface area contributed by atoms with E-state index in [1.807, 2.05) is 6.92 Å². The third-order valence-electron chi connectivity index (χ3n) is 1.91. The number of carbonyl (C=O) groups is 1. The van der Waals surface area contributed by atoms with Gasteiger partial charge in [-0.1, -0.05) is 5.16 Å². The van der Waals surface area contributed by atoms with E-state index in [4.69, 9.17) is 9.94 Å². The summed E-state index contributed by atoms with van der Waals surface area (Å²) in [5, 5.41) is 11.3. The molecule has 1 aromatic rings. The monoisotopic (exact) mass is 207 g/mol. The zero-order valence-corrected chi connectivity index (χ0v) is 8.73. The molecule has 0 aliphatic carbocycles. The predicted molar refractivity (Wildman–Crippen MR) is 56.8 cm³/mol. The second-order valence-electron chi connectivity index (χ2n) is 2.97. The molecule has 4 heteroatoms. The molecule has 0 aliphatic heterocycles. The molecule has 1 aromatic carbocycles. The standard InChI is InChI=1S/C11H13NO3/c1-3-15-10-6-4-9(5-7-10)11(13)8(2)12-14/h4-7,14H,3H2,1-2H3/b12-8+. The molecule has 0 spiro atoms. The number of carbonyl (C=O) groups excluding carboxylic acids is 1. The maximum absolute atomic E-state index is 11.5. The zero-order valence-electron chi connectivity index (χ0n) is 8.73. The van der Waals surface area contributed by atoms with Gasteiger partial charge in [0.15, 0.2) is 0 Å². The number of benzene rings is 1. The maximum Gasteiger partial charge on any atom is 0.210 e. The topological polar surface area (TPSA) is 58.9 Å². The van der Waals surface area contributed by atoms with Gasteiger partial charge in [0.1, 0.15) is 11.5 Å². The van der Waals surface area contributed by atoms with Crippen molar-refractivity contribution < 1.29 is 14.7 Å². The summed E-state index contributed by atoms with van der Waals surface area (Å²) in [5.41, 5.74) is 0.549. The third-order valence-corrected chi connectivity index (χ3v) is 1.91. The average Bonchev–Trinajstić information content (AvgIpc) is 2.28. The smallest absolute Gasteiger partial charge is 0.210 e. The van der Waals surface area contributed by atoms with Crippen LogP contribution in [0.4, 0.5) is 0 Å². The van der Waals surface area contributed by atoms with Gasteiger partial charge < -0.3 is 9.94 Å². The Morgan fingerprint density at radius 1 is 1.40 bits per heavy atom. The molecule has 80 valence electrons. The van der Waals surface area contributed by atoms with E-state index in [1.165, 1.54) is 6.92 Å². The summed E-state index contributed by atoms with van der Waals surface area (Å²) >= 11 is 0. The van der Waals surface area contributed by atoms with Crippen LogP contribution in [0.1, 0.15) is 24.2 Å². The number of Topliss-reactive ketones (excluding diaryl/α,β-unsaturated/α-hetero) is 1. The summed E-state index contributed by atoms with van der Waals surface area (Å²) in [7, 11) is 0. The predicted octanol–water partition coefficient (Wildman–Crippen LogP) is 2.12. The summed E-state index contributed by atoms with van der Waals surface area (Å²) < 4.78 is 5.24. The number of hydrogen-bond acceptors (Lipinski definition) is 4. The average molecular weight is 207 g/mol. The van der Waals surface area contributed by atoms with Gasteiger partial charge in [0.25, 0.3) is 0 Å². The SMILES string of the molecule is CCOc1ccc(C(=O)/C(C)=N/O)cc1. The first-order valence-corrected chi connectivity index (χ1v) is 4.65. The highest BCUT2D eigenvalue weighted by Gasteiger charge is 2.09. The lowest BCUT2D eigenvalue weighted by Gasteiger charge is -2.03.